The Balaban J connectivity index is 1.45. The molecule has 5 rings (SSSR count). The molecule has 0 bridgehead atoms. The molecule has 1 aliphatic rings. The standard InChI is InChI=1S/C27H26N4O2/c1-19-7-8-23-21(17-19)22(18-24(29-23)20-9-11-28-12-10-20)27(32)31-15-13-30(14-16-31)25-5-3-4-6-26(25)33-2/h3-12,17-18H,13-16H2,1-2H3. The molecule has 3 heterocycles. The van der Waals surface area contributed by atoms with Crippen molar-refractivity contribution in [3.63, 3.8) is 0 Å². The quantitative estimate of drug-likeness (QED) is 0.467. The Morgan fingerprint density at radius 1 is 0.939 bits per heavy atom. The van der Waals surface area contributed by atoms with Crippen LogP contribution in [0.15, 0.2) is 73.1 Å². The first-order valence-electron chi connectivity index (χ1n) is 11.1. The van der Waals surface area contributed by atoms with Crippen LogP contribution in [0.4, 0.5) is 5.69 Å². The van der Waals surface area contributed by atoms with Gasteiger partial charge in [-0.25, -0.2) is 4.98 Å². The number of anilines is 1. The zero-order valence-corrected chi connectivity index (χ0v) is 18.9. The van der Waals surface area contributed by atoms with Gasteiger partial charge in [0.05, 0.1) is 29.6 Å². The summed E-state index contributed by atoms with van der Waals surface area (Å²) >= 11 is 0. The Morgan fingerprint density at radius 2 is 1.70 bits per heavy atom. The van der Waals surface area contributed by atoms with Crippen LogP contribution in [0.2, 0.25) is 0 Å². The highest BCUT2D eigenvalue weighted by Gasteiger charge is 2.25. The predicted molar refractivity (Wildman–Crippen MR) is 131 cm³/mol. The fourth-order valence-corrected chi connectivity index (χ4v) is 4.40. The number of hydrogen-bond acceptors (Lipinski definition) is 5. The monoisotopic (exact) mass is 438 g/mol. The van der Waals surface area contributed by atoms with Crippen LogP contribution in [-0.4, -0.2) is 54.1 Å². The molecule has 166 valence electrons. The van der Waals surface area contributed by atoms with Gasteiger partial charge in [-0.1, -0.05) is 23.8 Å². The number of para-hydroxylation sites is 2. The highest BCUT2D eigenvalue weighted by molar-refractivity contribution is 6.07. The number of aryl methyl sites for hydroxylation is 1. The molecule has 4 aromatic rings. The number of nitrogens with zero attached hydrogens (tertiary/aromatic N) is 4. The molecule has 2 aromatic heterocycles. The first kappa shape index (κ1) is 20.9. The van der Waals surface area contributed by atoms with Crippen molar-refractivity contribution in [3.05, 3.63) is 84.2 Å². The number of carbonyl (C=O) groups excluding carboxylic acids is 1. The Labute approximate surface area is 193 Å². The molecule has 1 amide bonds. The number of rotatable bonds is 4. The lowest BCUT2D eigenvalue weighted by molar-refractivity contribution is 0.0748. The van der Waals surface area contributed by atoms with E-state index in [0.29, 0.717) is 18.7 Å². The highest BCUT2D eigenvalue weighted by Crippen LogP contribution is 2.30. The number of piperazine rings is 1. The topological polar surface area (TPSA) is 58.6 Å². The van der Waals surface area contributed by atoms with Crippen LogP contribution in [0, 0.1) is 6.92 Å². The van der Waals surface area contributed by atoms with Gasteiger partial charge in [0.1, 0.15) is 5.75 Å². The van der Waals surface area contributed by atoms with Crippen molar-refractivity contribution in [2.75, 3.05) is 38.2 Å². The average Bonchev–Trinajstić information content (AvgIpc) is 2.88. The summed E-state index contributed by atoms with van der Waals surface area (Å²) < 4.78 is 5.52. The molecule has 0 spiro atoms. The highest BCUT2D eigenvalue weighted by atomic mass is 16.5. The number of methoxy groups -OCH3 is 1. The van der Waals surface area contributed by atoms with E-state index >= 15 is 0 Å². The smallest absolute Gasteiger partial charge is 0.254 e. The van der Waals surface area contributed by atoms with E-state index in [1.54, 1.807) is 19.5 Å². The summed E-state index contributed by atoms with van der Waals surface area (Å²) in [6.07, 6.45) is 3.49. The van der Waals surface area contributed by atoms with Gasteiger partial charge in [0, 0.05) is 49.5 Å². The van der Waals surface area contributed by atoms with E-state index in [1.807, 2.05) is 60.4 Å². The number of hydrogen-bond donors (Lipinski definition) is 0. The van der Waals surface area contributed by atoms with Crippen molar-refractivity contribution in [2.24, 2.45) is 0 Å². The second kappa shape index (κ2) is 8.90. The van der Waals surface area contributed by atoms with E-state index in [2.05, 4.69) is 22.0 Å². The van der Waals surface area contributed by atoms with Crippen LogP contribution in [0.5, 0.6) is 5.75 Å². The molecular weight excluding hydrogens is 412 g/mol. The Morgan fingerprint density at radius 3 is 2.45 bits per heavy atom. The summed E-state index contributed by atoms with van der Waals surface area (Å²) in [5.74, 6) is 0.901. The van der Waals surface area contributed by atoms with Gasteiger partial charge in [0.15, 0.2) is 0 Å². The largest absolute Gasteiger partial charge is 0.495 e. The van der Waals surface area contributed by atoms with Gasteiger partial charge in [0.25, 0.3) is 5.91 Å². The van der Waals surface area contributed by atoms with Crippen LogP contribution < -0.4 is 9.64 Å². The van der Waals surface area contributed by atoms with Crippen molar-refractivity contribution in [1.82, 2.24) is 14.9 Å². The minimum Gasteiger partial charge on any atom is -0.495 e. The molecule has 0 aliphatic carbocycles. The molecule has 33 heavy (non-hydrogen) atoms. The molecule has 6 heteroatoms. The molecule has 2 aromatic carbocycles. The Hall–Kier alpha value is -3.93. The van der Waals surface area contributed by atoms with Gasteiger partial charge in [-0.05, 0) is 49.4 Å². The SMILES string of the molecule is COc1ccccc1N1CCN(C(=O)c2cc(-c3ccncc3)nc3ccc(C)cc23)CC1. The van der Waals surface area contributed by atoms with Gasteiger partial charge in [-0.15, -0.1) is 0 Å². The van der Waals surface area contributed by atoms with Crippen molar-refractivity contribution in [3.8, 4) is 17.0 Å². The van der Waals surface area contributed by atoms with Gasteiger partial charge in [-0.3, -0.25) is 9.78 Å². The van der Waals surface area contributed by atoms with E-state index < -0.39 is 0 Å². The Bertz CT molecular complexity index is 1300. The molecule has 6 nitrogen and oxygen atoms in total. The minimum atomic E-state index is 0.0444. The molecule has 1 saturated heterocycles. The van der Waals surface area contributed by atoms with E-state index in [4.69, 9.17) is 9.72 Å². The van der Waals surface area contributed by atoms with Crippen molar-refractivity contribution in [1.29, 1.82) is 0 Å². The maximum atomic E-state index is 13.7. The number of carbonyl (C=O) groups is 1. The number of amides is 1. The summed E-state index contributed by atoms with van der Waals surface area (Å²) in [4.78, 5) is 26.9. The van der Waals surface area contributed by atoms with Crippen molar-refractivity contribution >= 4 is 22.5 Å². The summed E-state index contributed by atoms with van der Waals surface area (Å²) in [6.45, 7) is 4.85. The zero-order chi connectivity index (χ0) is 22.8. The lowest BCUT2D eigenvalue weighted by atomic mass is 10.0. The van der Waals surface area contributed by atoms with Gasteiger partial charge in [0.2, 0.25) is 0 Å². The van der Waals surface area contributed by atoms with Crippen molar-refractivity contribution in [2.45, 2.75) is 6.92 Å². The third-order valence-electron chi connectivity index (χ3n) is 6.16. The first-order valence-corrected chi connectivity index (χ1v) is 11.1. The fraction of sp³-hybridized carbons (Fsp3) is 0.222. The molecule has 0 radical (unpaired) electrons. The van der Waals surface area contributed by atoms with Crippen LogP contribution >= 0.6 is 0 Å². The fourth-order valence-electron chi connectivity index (χ4n) is 4.40. The molecule has 0 atom stereocenters. The van der Waals surface area contributed by atoms with E-state index in [0.717, 1.165) is 52.3 Å². The number of benzene rings is 2. The molecule has 0 N–H and O–H groups in total. The second-order valence-corrected chi connectivity index (χ2v) is 8.26. The Kier molecular flexibility index (Phi) is 5.65. The van der Waals surface area contributed by atoms with Crippen LogP contribution in [-0.2, 0) is 0 Å². The summed E-state index contributed by atoms with van der Waals surface area (Å²) in [7, 11) is 1.69. The van der Waals surface area contributed by atoms with Crippen molar-refractivity contribution < 1.29 is 9.53 Å². The van der Waals surface area contributed by atoms with Gasteiger partial charge >= 0.3 is 0 Å². The number of pyridine rings is 2. The van der Waals surface area contributed by atoms with E-state index in [1.165, 1.54) is 0 Å². The number of fused-ring (bicyclic) bond motifs is 1. The average molecular weight is 439 g/mol. The van der Waals surface area contributed by atoms with E-state index in [9.17, 15) is 4.79 Å². The maximum Gasteiger partial charge on any atom is 0.254 e. The second-order valence-electron chi connectivity index (χ2n) is 8.26. The lowest BCUT2D eigenvalue weighted by Crippen LogP contribution is -2.49. The predicted octanol–water partition coefficient (Wildman–Crippen LogP) is 4.58. The molecule has 1 aliphatic heterocycles. The van der Waals surface area contributed by atoms with Gasteiger partial charge < -0.3 is 14.5 Å². The molecule has 0 unspecified atom stereocenters. The van der Waals surface area contributed by atoms with Crippen LogP contribution in [0.1, 0.15) is 15.9 Å². The lowest BCUT2D eigenvalue weighted by Gasteiger charge is -2.36. The summed E-state index contributed by atoms with van der Waals surface area (Å²) in [6, 6.07) is 19.9. The third kappa shape index (κ3) is 4.12. The molecule has 0 saturated carbocycles. The van der Waals surface area contributed by atoms with Gasteiger partial charge in [-0.2, -0.15) is 0 Å². The summed E-state index contributed by atoms with van der Waals surface area (Å²) in [5.41, 5.74) is 5.42. The first-order chi connectivity index (χ1) is 16.1. The molecule has 1 fully saturated rings. The zero-order valence-electron chi connectivity index (χ0n) is 18.9. The normalized spacial score (nSPS) is 13.9. The number of ether oxygens (including phenoxy) is 1. The van der Waals surface area contributed by atoms with Crippen LogP contribution in [0.25, 0.3) is 22.2 Å². The maximum absolute atomic E-state index is 13.7. The number of aromatic nitrogens is 2. The van der Waals surface area contributed by atoms with Crippen LogP contribution in [0.3, 0.4) is 0 Å². The van der Waals surface area contributed by atoms with E-state index in [-0.39, 0.29) is 5.91 Å². The minimum absolute atomic E-state index is 0.0444. The molecular formula is C27H26N4O2. The third-order valence-corrected chi connectivity index (χ3v) is 6.16. The summed E-state index contributed by atoms with van der Waals surface area (Å²) in [5, 5.41) is 0.893.